The van der Waals surface area contributed by atoms with Crippen molar-refractivity contribution < 1.29 is 8.85 Å². The van der Waals surface area contributed by atoms with E-state index >= 15 is 0 Å². The van der Waals surface area contributed by atoms with E-state index < -0.39 is 18.1 Å². The Morgan fingerprint density at radius 2 is 1.27 bits per heavy atom. The van der Waals surface area contributed by atoms with Crippen molar-refractivity contribution in [2.75, 3.05) is 13.2 Å². The summed E-state index contributed by atoms with van der Waals surface area (Å²) in [5, 5.41) is 0. The third-order valence-corrected chi connectivity index (χ3v) is 12.7. The monoisotopic (exact) mass is 244 g/mol. The first kappa shape index (κ1) is 11.8. The summed E-state index contributed by atoms with van der Waals surface area (Å²) >= 11 is 0. The van der Waals surface area contributed by atoms with Crippen LogP contribution in [0, 0.1) is 0 Å². The molecule has 2 aliphatic rings. The molecular weight excluding hydrogens is 220 g/mol. The van der Waals surface area contributed by atoms with Crippen LogP contribution in [0.25, 0.3) is 0 Å². The second-order valence-electron chi connectivity index (χ2n) is 5.53. The first-order valence-corrected chi connectivity index (χ1v) is 10.2. The van der Waals surface area contributed by atoms with Crippen molar-refractivity contribution in [3.63, 3.8) is 0 Å². The van der Waals surface area contributed by atoms with E-state index in [0.29, 0.717) is 4.66 Å². The van der Waals surface area contributed by atoms with Crippen LogP contribution in [0.15, 0.2) is 0 Å². The molecule has 2 heterocycles. The maximum absolute atomic E-state index is 6.09. The zero-order valence-electron chi connectivity index (χ0n) is 10.1. The van der Waals surface area contributed by atoms with Gasteiger partial charge in [-0.2, -0.15) is 0 Å². The zero-order valence-corrected chi connectivity index (χ0v) is 12.4. The van der Waals surface area contributed by atoms with E-state index in [1.807, 2.05) is 0 Å². The molecule has 0 aliphatic carbocycles. The Hall–Kier alpha value is 0.354. The largest absolute Gasteiger partial charge is 0.420 e. The van der Waals surface area contributed by atoms with Gasteiger partial charge in [-0.1, -0.05) is 26.7 Å². The van der Waals surface area contributed by atoms with Gasteiger partial charge in [0.15, 0.2) is 18.1 Å². The smallest absolute Gasteiger partial charge is 0.181 e. The molecule has 0 saturated carbocycles. The Morgan fingerprint density at radius 1 is 0.800 bits per heavy atom. The van der Waals surface area contributed by atoms with Crippen LogP contribution >= 0.6 is 0 Å². The second-order valence-corrected chi connectivity index (χ2v) is 13.0. The van der Waals surface area contributed by atoms with E-state index in [0.717, 1.165) is 13.2 Å². The minimum Gasteiger partial charge on any atom is -0.420 e. The summed E-state index contributed by atoms with van der Waals surface area (Å²) in [7, 11) is -1.94. The van der Waals surface area contributed by atoms with Gasteiger partial charge in [-0.3, -0.25) is 0 Å². The highest BCUT2D eigenvalue weighted by Gasteiger charge is 2.43. The molecule has 0 spiro atoms. The van der Waals surface area contributed by atoms with Crippen molar-refractivity contribution in [3.05, 3.63) is 0 Å². The molecule has 2 nitrogen and oxygen atoms in total. The normalized spacial score (nSPS) is 34.0. The fraction of sp³-hybridized carbons (Fsp3) is 1.00. The van der Waals surface area contributed by atoms with Gasteiger partial charge in [0.1, 0.15) is 0 Å². The average molecular weight is 244 g/mol. The third kappa shape index (κ3) is 2.72. The maximum atomic E-state index is 6.09. The molecule has 2 fully saturated rings. The van der Waals surface area contributed by atoms with Crippen LogP contribution in [0.5, 0.6) is 0 Å². The van der Waals surface area contributed by atoms with E-state index in [2.05, 4.69) is 13.8 Å². The SMILES string of the molecule is CC(C)([SiH]1CCCCO1)[SiH]1CCCCO1. The van der Waals surface area contributed by atoms with E-state index in [1.165, 1.54) is 37.8 Å². The number of hydrogen-bond donors (Lipinski definition) is 0. The van der Waals surface area contributed by atoms with Crippen molar-refractivity contribution in [2.24, 2.45) is 0 Å². The van der Waals surface area contributed by atoms with Crippen molar-refractivity contribution in [2.45, 2.75) is 56.3 Å². The van der Waals surface area contributed by atoms with Gasteiger partial charge >= 0.3 is 0 Å². The molecule has 2 saturated heterocycles. The summed E-state index contributed by atoms with van der Waals surface area (Å²) in [6, 6.07) is 2.78. The van der Waals surface area contributed by atoms with Crippen molar-refractivity contribution in [1.29, 1.82) is 0 Å². The third-order valence-electron chi connectivity index (χ3n) is 4.02. The molecule has 0 radical (unpaired) electrons. The standard InChI is InChI=1S/C11H24O2Si2/c1-11(2,14-9-5-3-7-12-14)15-10-6-4-8-13-15/h14-15H,3-10H2,1-2H3. The van der Waals surface area contributed by atoms with E-state index in [1.54, 1.807) is 0 Å². The lowest BCUT2D eigenvalue weighted by molar-refractivity contribution is 0.253. The lowest BCUT2D eigenvalue weighted by Gasteiger charge is -2.41. The molecule has 0 aromatic rings. The van der Waals surface area contributed by atoms with Gasteiger partial charge in [0.2, 0.25) is 0 Å². The van der Waals surface area contributed by atoms with Crippen molar-refractivity contribution >= 4 is 18.1 Å². The molecular formula is C11H24O2Si2. The predicted molar refractivity (Wildman–Crippen MR) is 68.3 cm³/mol. The number of rotatable bonds is 2. The van der Waals surface area contributed by atoms with Crippen molar-refractivity contribution in [1.82, 2.24) is 0 Å². The minimum absolute atomic E-state index is 0.473. The maximum Gasteiger partial charge on any atom is 0.181 e. The first-order valence-electron chi connectivity index (χ1n) is 6.44. The van der Waals surface area contributed by atoms with E-state index in [4.69, 9.17) is 8.85 Å². The lowest BCUT2D eigenvalue weighted by Crippen LogP contribution is -2.47. The molecule has 2 unspecified atom stereocenters. The van der Waals surface area contributed by atoms with Gasteiger partial charge in [-0.15, -0.1) is 0 Å². The van der Waals surface area contributed by atoms with Crippen LogP contribution < -0.4 is 0 Å². The van der Waals surface area contributed by atoms with Crippen LogP contribution in [0.4, 0.5) is 0 Å². The van der Waals surface area contributed by atoms with Gasteiger partial charge in [-0.05, 0) is 29.6 Å². The quantitative estimate of drug-likeness (QED) is 0.694. The predicted octanol–water partition coefficient (Wildman–Crippen LogP) is 2.37. The van der Waals surface area contributed by atoms with Crippen LogP contribution in [-0.4, -0.2) is 31.3 Å². The highest BCUT2D eigenvalue weighted by Crippen LogP contribution is 2.40. The van der Waals surface area contributed by atoms with E-state index in [9.17, 15) is 0 Å². The molecule has 0 amide bonds. The van der Waals surface area contributed by atoms with Gasteiger partial charge in [0, 0.05) is 13.2 Å². The summed E-state index contributed by atoms with van der Waals surface area (Å²) in [6.45, 7) is 6.94. The summed E-state index contributed by atoms with van der Waals surface area (Å²) in [4.78, 5) is 0. The Labute approximate surface area is 96.8 Å². The second kappa shape index (κ2) is 5.12. The van der Waals surface area contributed by atoms with Crippen LogP contribution in [-0.2, 0) is 8.85 Å². The van der Waals surface area contributed by atoms with Crippen LogP contribution in [0.2, 0.25) is 16.7 Å². The first-order chi connectivity index (χ1) is 7.21. The Morgan fingerprint density at radius 3 is 1.60 bits per heavy atom. The van der Waals surface area contributed by atoms with Gasteiger partial charge in [0.25, 0.3) is 0 Å². The molecule has 0 aromatic heterocycles. The van der Waals surface area contributed by atoms with Crippen LogP contribution in [0.3, 0.4) is 0 Å². The Balaban J connectivity index is 1.96. The van der Waals surface area contributed by atoms with Gasteiger partial charge in [-0.25, -0.2) is 0 Å². The summed E-state index contributed by atoms with van der Waals surface area (Å²) in [6.07, 6.45) is 5.38. The Kier molecular flexibility index (Phi) is 4.04. The molecule has 88 valence electrons. The topological polar surface area (TPSA) is 18.5 Å². The summed E-state index contributed by atoms with van der Waals surface area (Å²) < 4.78 is 12.7. The minimum atomic E-state index is -0.972. The van der Waals surface area contributed by atoms with Crippen LogP contribution in [0.1, 0.15) is 39.5 Å². The molecule has 0 bridgehead atoms. The molecule has 2 aliphatic heterocycles. The molecule has 2 atom stereocenters. The highest BCUT2D eigenvalue weighted by molar-refractivity contribution is 6.76. The van der Waals surface area contributed by atoms with Gasteiger partial charge < -0.3 is 8.85 Å². The van der Waals surface area contributed by atoms with E-state index in [-0.39, 0.29) is 0 Å². The fourth-order valence-corrected chi connectivity index (χ4v) is 11.0. The van der Waals surface area contributed by atoms with Crippen molar-refractivity contribution in [3.8, 4) is 0 Å². The molecule has 0 N–H and O–H groups in total. The van der Waals surface area contributed by atoms with Gasteiger partial charge in [0.05, 0.1) is 0 Å². The summed E-state index contributed by atoms with van der Waals surface area (Å²) in [5.74, 6) is 0. The average Bonchev–Trinajstić information content (AvgIpc) is 2.31. The lowest BCUT2D eigenvalue weighted by atomic mass is 10.4. The molecule has 0 aromatic carbocycles. The Bertz CT molecular complexity index is 177. The number of hydrogen-bond acceptors (Lipinski definition) is 2. The molecule has 15 heavy (non-hydrogen) atoms. The molecule has 2 rings (SSSR count). The highest BCUT2D eigenvalue weighted by atomic mass is 28.4. The fourth-order valence-electron chi connectivity index (χ4n) is 2.86. The zero-order chi connectivity index (χ0) is 10.7. The molecule has 4 heteroatoms. The summed E-state index contributed by atoms with van der Waals surface area (Å²) in [5.41, 5.74) is 0.